The molecule has 0 unspecified atom stereocenters. The van der Waals surface area contributed by atoms with Crippen LogP contribution in [0.1, 0.15) is 32.5 Å². The number of nitrogens with zero attached hydrogens (tertiary/aromatic N) is 1. The lowest BCUT2D eigenvalue weighted by atomic mass is 9.97. The maximum atomic E-state index is 12.3. The highest BCUT2D eigenvalue weighted by molar-refractivity contribution is 9.11. The van der Waals surface area contributed by atoms with Crippen LogP contribution in [-0.2, 0) is 38.1 Å². The van der Waals surface area contributed by atoms with Crippen LogP contribution < -0.4 is 4.74 Å². The summed E-state index contributed by atoms with van der Waals surface area (Å²) in [5.74, 6) is -5.01. The number of hydrogen-bond acceptors (Lipinski definition) is 11. The van der Waals surface area contributed by atoms with Gasteiger partial charge >= 0.3 is 23.9 Å². The average molecular weight is 651 g/mol. The first-order chi connectivity index (χ1) is 17.2. The molecule has 1 aromatic carbocycles. The molecule has 2 aromatic rings. The number of phenolic OH excluding ortho intramolecular Hbond substituents is 1. The number of fused-ring (bicyclic) bond motifs is 1. The number of ether oxygens (including phenoxy) is 5. The summed E-state index contributed by atoms with van der Waals surface area (Å²) in [5.41, 5.74) is 0.294. The summed E-state index contributed by atoms with van der Waals surface area (Å²) >= 11 is 6.44. The molecule has 2 heterocycles. The van der Waals surface area contributed by atoms with E-state index in [0.29, 0.717) is 5.52 Å². The van der Waals surface area contributed by atoms with Crippen LogP contribution in [0, 0.1) is 0 Å². The molecule has 37 heavy (non-hydrogen) atoms. The zero-order valence-corrected chi connectivity index (χ0v) is 22.9. The molecule has 1 saturated heterocycles. The van der Waals surface area contributed by atoms with Crippen molar-refractivity contribution in [2.75, 3.05) is 0 Å². The van der Waals surface area contributed by atoms with Crippen LogP contribution in [0.5, 0.6) is 11.5 Å². The van der Waals surface area contributed by atoms with E-state index in [1.165, 1.54) is 23.8 Å². The maximum absolute atomic E-state index is 12.3. The molecule has 5 atom stereocenters. The first kappa shape index (κ1) is 28.4. The number of phenols is 1. The predicted octanol–water partition coefficient (Wildman–Crippen LogP) is 2.52. The Kier molecular flexibility index (Phi) is 8.49. The summed E-state index contributed by atoms with van der Waals surface area (Å²) in [6, 6.07) is 1.45. The second-order valence-corrected chi connectivity index (χ2v) is 9.55. The van der Waals surface area contributed by atoms with E-state index >= 15 is 0 Å². The van der Waals surface area contributed by atoms with Crippen LogP contribution in [0.25, 0.3) is 10.9 Å². The third-order valence-electron chi connectivity index (χ3n) is 5.15. The average Bonchev–Trinajstić information content (AvgIpc) is 3.13. The Morgan fingerprint density at radius 2 is 1.46 bits per heavy atom. The van der Waals surface area contributed by atoms with E-state index in [0.717, 1.165) is 20.8 Å². The Morgan fingerprint density at radius 1 is 0.919 bits per heavy atom. The normalized spacial score (nSPS) is 23.2. The van der Waals surface area contributed by atoms with Gasteiger partial charge in [0.1, 0.15) is 11.5 Å². The van der Waals surface area contributed by atoms with E-state index in [1.54, 1.807) is 0 Å². The Hall–Kier alpha value is -3.17. The van der Waals surface area contributed by atoms with Gasteiger partial charge in [0, 0.05) is 27.7 Å². The molecule has 0 radical (unpaired) electrons. The van der Waals surface area contributed by atoms with E-state index in [4.69, 9.17) is 23.7 Å². The topological polar surface area (TPSA) is 177 Å². The summed E-state index contributed by atoms with van der Waals surface area (Å²) < 4.78 is 28.6. The molecule has 2 N–H and O–H groups in total. The van der Waals surface area contributed by atoms with Gasteiger partial charge in [-0.1, -0.05) is 0 Å². The summed E-state index contributed by atoms with van der Waals surface area (Å²) in [4.78, 5) is 59.8. The van der Waals surface area contributed by atoms with E-state index < -0.39 is 60.5 Å². The number of esters is 3. The molecule has 0 spiro atoms. The Morgan fingerprint density at radius 3 is 1.97 bits per heavy atom. The first-order valence-electron chi connectivity index (χ1n) is 10.5. The molecule has 3 rings (SSSR count). The molecule has 15 heteroatoms. The van der Waals surface area contributed by atoms with Gasteiger partial charge in [-0.2, -0.15) is 0 Å². The highest BCUT2D eigenvalue weighted by Gasteiger charge is 2.55. The smallest absolute Gasteiger partial charge is 0.337 e. The Balaban J connectivity index is 2.18. The second-order valence-electron chi connectivity index (χ2n) is 7.90. The molecule has 13 nitrogen and oxygen atoms in total. The van der Waals surface area contributed by atoms with E-state index in [-0.39, 0.29) is 25.8 Å². The van der Waals surface area contributed by atoms with Crippen LogP contribution in [0.4, 0.5) is 0 Å². The van der Waals surface area contributed by atoms with Crippen molar-refractivity contribution in [2.45, 2.75) is 58.4 Å². The molecule has 200 valence electrons. The van der Waals surface area contributed by atoms with Gasteiger partial charge in [-0.05, 0) is 37.9 Å². The first-order valence-corrected chi connectivity index (χ1v) is 12.1. The second kappa shape index (κ2) is 11.1. The SMILES string of the molecule is CC(=O)O[C@@H]1[C@@H](OC(C)=O)[C@H](Oc2cn(C(C)=O)c3cc(Br)c(O)c(Br)c23)O[C@H](C(=O)O)[C@H]1OC(C)=O. The number of carbonyl (C=O) groups is 5. The number of carboxylic acid groups (broad SMARTS) is 1. The molecule has 1 aromatic heterocycles. The summed E-state index contributed by atoms with van der Waals surface area (Å²) in [7, 11) is 0. The number of aliphatic carboxylic acids is 1. The van der Waals surface area contributed by atoms with Gasteiger partial charge in [0.05, 0.1) is 26.0 Å². The minimum absolute atomic E-state index is 0.0846. The zero-order chi connectivity index (χ0) is 27.8. The number of rotatable bonds is 6. The number of aromatic nitrogens is 1. The van der Waals surface area contributed by atoms with Crippen LogP contribution >= 0.6 is 31.9 Å². The fourth-order valence-electron chi connectivity index (χ4n) is 3.81. The van der Waals surface area contributed by atoms with Gasteiger partial charge in [0.15, 0.2) is 18.3 Å². The molecule has 0 saturated carbocycles. The molecule has 1 fully saturated rings. The van der Waals surface area contributed by atoms with Crippen molar-refractivity contribution >= 4 is 72.5 Å². The van der Waals surface area contributed by atoms with E-state index in [1.807, 2.05) is 0 Å². The van der Waals surface area contributed by atoms with Crippen molar-refractivity contribution in [1.82, 2.24) is 4.57 Å². The molecule has 0 bridgehead atoms. The molecule has 1 aliphatic rings. The Bertz CT molecular complexity index is 1290. The van der Waals surface area contributed by atoms with Crippen molar-refractivity contribution in [2.24, 2.45) is 0 Å². The van der Waals surface area contributed by atoms with Crippen LogP contribution in [0.15, 0.2) is 21.2 Å². The zero-order valence-electron chi connectivity index (χ0n) is 19.7. The third-order valence-corrected chi connectivity index (χ3v) is 6.53. The number of benzene rings is 1. The molecular weight excluding hydrogens is 630 g/mol. The highest BCUT2D eigenvalue weighted by atomic mass is 79.9. The van der Waals surface area contributed by atoms with Crippen molar-refractivity contribution < 1.29 is 57.9 Å². The lowest BCUT2D eigenvalue weighted by molar-refractivity contribution is -0.281. The van der Waals surface area contributed by atoms with Gasteiger partial charge in [-0.25, -0.2) is 4.79 Å². The number of carbonyl (C=O) groups excluding carboxylic acids is 4. The number of aromatic hydroxyl groups is 1. The van der Waals surface area contributed by atoms with Crippen molar-refractivity contribution in [1.29, 1.82) is 0 Å². The third kappa shape index (κ3) is 5.88. The lowest BCUT2D eigenvalue weighted by Gasteiger charge is -2.42. The van der Waals surface area contributed by atoms with Gasteiger partial charge in [-0.3, -0.25) is 23.7 Å². The number of hydrogen-bond donors (Lipinski definition) is 2. The summed E-state index contributed by atoms with van der Waals surface area (Å²) in [6.45, 7) is 4.35. The van der Waals surface area contributed by atoms with Gasteiger partial charge in [-0.15, -0.1) is 0 Å². The van der Waals surface area contributed by atoms with E-state index in [2.05, 4.69) is 31.9 Å². The molecule has 1 aliphatic heterocycles. The number of halogens is 2. The van der Waals surface area contributed by atoms with Crippen molar-refractivity contribution in [3.8, 4) is 11.5 Å². The lowest BCUT2D eigenvalue weighted by Crippen LogP contribution is -2.64. The predicted molar refractivity (Wildman–Crippen MR) is 129 cm³/mol. The standard InChI is InChI=1S/C22H21Br2NO12/c1-7(26)25-6-13(14-12(25)5-11(23)16(30)15(14)24)36-22-20(35-10(4)29)18(34-9(3)28)17(33-8(2)27)19(37-22)21(31)32/h5-6,17-20,22,30H,1-4H3,(H,31,32)/t17-,18-,19-,20+,22+/m0/s1. The summed E-state index contributed by atoms with van der Waals surface area (Å²) in [6.07, 6.45) is -7.33. The van der Waals surface area contributed by atoms with Crippen molar-refractivity contribution in [3.05, 3.63) is 21.2 Å². The Labute approximate surface area is 225 Å². The molecule has 0 amide bonds. The number of carboxylic acids is 1. The minimum atomic E-state index is -1.91. The van der Waals surface area contributed by atoms with Crippen LogP contribution in [0.3, 0.4) is 0 Å². The van der Waals surface area contributed by atoms with E-state index in [9.17, 15) is 34.2 Å². The minimum Gasteiger partial charge on any atom is -0.506 e. The monoisotopic (exact) mass is 649 g/mol. The van der Waals surface area contributed by atoms with Gasteiger partial charge < -0.3 is 33.9 Å². The van der Waals surface area contributed by atoms with Gasteiger partial charge in [0.25, 0.3) is 0 Å². The fourth-order valence-corrected chi connectivity index (χ4v) is 5.11. The highest BCUT2D eigenvalue weighted by Crippen LogP contribution is 2.44. The maximum Gasteiger partial charge on any atom is 0.337 e. The molecule has 0 aliphatic carbocycles. The quantitative estimate of drug-likeness (QED) is 0.345. The van der Waals surface area contributed by atoms with Crippen molar-refractivity contribution in [3.63, 3.8) is 0 Å². The molecular formula is C22H21Br2NO12. The van der Waals surface area contributed by atoms with Crippen LogP contribution in [-0.4, -0.2) is 75.3 Å². The summed E-state index contributed by atoms with van der Waals surface area (Å²) in [5, 5.41) is 20.4. The largest absolute Gasteiger partial charge is 0.506 e. The van der Waals surface area contributed by atoms with Gasteiger partial charge in [0.2, 0.25) is 18.3 Å². The van der Waals surface area contributed by atoms with Crippen LogP contribution in [0.2, 0.25) is 0 Å². The fraction of sp³-hybridized carbons (Fsp3) is 0.409.